The molecular weight excluding hydrogens is 300 g/mol. The zero-order valence-electron chi connectivity index (χ0n) is 12.6. The van der Waals surface area contributed by atoms with E-state index in [0.29, 0.717) is 13.1 Å². The highest BCUT2D eigenvalue weighted by molar-refractivity contribution is 7.87. The summed E-state index contributed by atoms with van der Waals surface area (Å²) in [6.45, 7) is 2.82. The second-order valence-corrected chi connectivity index (χ2v) is 6.90. The number of nitrogens with one attached hydrogen (secondary N) is 1. The Labute approximate surface area is 134 Å². The summed E-state index contributed by atoms with van der Waals surface area (Å²) in [5, 5.41) is 8.87. The Kier molecular flexibility index (Phi) is 4.74. The van der Waals surface area contributed by atoms with Crippen LogP contribution in [0.3, 0.4) is 0 Å². The number of hydrogen-bond donors (Lipinski definition) is 1. The predicted octanol–water partition coefficient (Wildman–Crippen LogP) is 0.777. The highest BCUT2D eigenvalue weighted by Gasteiger charge is 2.31. The van der Waals surface area contributed by atoms with Gasteiger partial charge in [-0.3, -0.25) is 0 Å². The van der Waals surface area contributed by atoms with Crippen molar-refractivity contribution in [1.82, 2.24) is 13.9 Å². The van der Waals surface area contributed by atoms with Crippen molar-refractivity contribution in [1.29, 1.82) is 5.26 Å². The summed E-state index contributed by atoms with van der Waals surface area (Å²) in [6, 6.07) is 6.17. The third-order valence-corrected chi connectivity index (χ3v) is 5.54. The molecule has 0 aromatic heterocycles. The first-order chi connectivity index (χ1) is 10.7. The largest absolute Gasteiger partial charge is 0.579 e. The topological polar surface area (TPSA) is 74.6 Å². The van der Waals surface area contributed by atoms with Crippen LogP contribution in [0.1, 0.15) is 17.5 Å². The highest BCUT2D eigenvalue weighted by atomic mass is 32.2. The van der Waals surface area contributed by atoms with Gasteiger partial charge in [-0.05, 0) is 36.1 Å². The molecule has 118 valence electrons. The second kappa shape index (κ2) is 6.75. The lowest BCUT2D eigenvalue weighted by molar-refractivity contribution is 0.374. The molecule has 3 rings (SSSR count). The van der Waals surface area contributed by atoms with E-state index in [9.17, 15) is 4.55 Å². The number of methoxy groups -OCH3 is 1. The molecule has 0 amide bonds. The summed E-state index contributed by atoms with van der Waals surface area (Å²) < 4.78 is 22.8. The van der Waals surface area contributed by atoms with E-state index in [2.05, 4.69) is 17.0 Å². The van der Waals surface area contributed by atoms with Crippen molar-refractivity contribution in [2.45, 2.75) is 25.4 Å². The molecule has 1 aromatic carbocycles. The molecule has 0 radical (unpaired) electrons. The zero-order chi connectivity index (χ0) is 15.5. The van der Waals surface area contributed by atoms with Crippen molar-refractivity contribution in [2.24, 2.45) is 0 Å². The number of rotatable bonds is 4. The maximum atomic E-state index is 12.5. The van der Waals surface area contributed by atoms with Crippen molar-refractivity contribution in [2.75, 3.05) is 26.7 Å². The third-order valence-electron chi connectivity index (χ3n) is 4.22. The maximum absolute atomic E-state index is 12.5. The molecule has 1 aromatic rings. The van der Waals surface area contributed by atoms with Gasteiger partial charge in [0.2, 0.25) is 0 Å². The van der Waals surface area contributed by atoms with Crippen molar-refractivity contribution >= 4 is 11.5 Å². The Balaban J connectivity index is 1.58. The predicted molar refractivity (Wildman–Crippen MR) is 84.0 cm³/mol. The molecule has 0 spiro atoms. The molecule has 1 fully saturated rings. The Morgan fingerprint density at radius 3 is 3.00 bits per heavy atom. The van der Waals surface area contributed by atoms with Gasteiger partial charge in [0, 0.05) is 13.1 Å². The van der Waals surface area contributed by atoms with Crippen molar-refractivity contribution < 1.29 is 9.29 Å². The van der Waals surface area contributed by atoms with Crippen LogP contribution in [0.15, 0.2) is 18.2 Å². The van der Waals surface area contributed by atoms with Crippen LogP contribution in [0.4, 0.5) is 0 Å². The Bertz CT molecular complexity index is 577. The number of ether oxygens (including phenoxy) is 1. The number of hydrogen-bond acceptors (Lipinski definition) is 6. The summed E-state index contributed by atoms with van der Waals surface area (Å²) in [4.78, 5) is 1.70. The minimum absolute atomic E-state index is 0.123. The van der Waals surface area contributed by atoms with E-state index in [1.54, 1.807) is 12.0 Å². The second-order valence-electron chi connectivity index (χ2n) is 5.65. The molecule has 0 bridgehead atoms. The van der Waals surface area contributed by atoms with Gasteiger partial charge in [0.05, 0.1) is 26.2 Å². The van der Waals surface area contributed by atoms with Crippen LogP contribution >= 0.6 is 0 Å². The lowest BCUT2D eigenvalue weighted by Crippen LogP contribution is -2.47. The Morgan fingerprint density at radius 2 is 2.27 bits per heavy atom. The lowest BCUT2D eigenvalue weighted by atomic mass is 10.0. The number of nitriles is 1. The fourth-order valence-electron chi connectivity index (χ4n) is 2.94. The lowest BCUT2D eigenvalue weighted by Gasteiger charge is -2.29. The van der Waals surface area contributed by atoms with Gasteiger partial charge in [-0.15, -0.1) is 9.03 Å². The highest BCUT2D eigenvalue weighted by Crippen LogP contribution is 2.25. The van der Waals surface area contributed by atoms with Gasteiger partial charge in [-0.2, -0.15) is 5.26 Å². The normalized spacial score (nSPS) is 23.0. The van der Waals surface area contributed by atoms with E-state index in [-0.39, 0.29) is 6.04 Å². The van der Waals surface area contributed by atoms with Gasteiger partial charge in [0.1, 0.15) is 17.3 Å². The van der Waals surface area contributed by atoms with Gasteiger partial charge < -0.3 is 14.2 Å². The minimum atomic E-state index is -1.21. The van der Waals surface area contributed by atoms with Crippen molar-refractivity contribution in [3.8, 4) is 11.9 Å². The molecule has 2 heterocycles. The minimum Gasteiger partial charge on any atom is -0.579 e. The first-order valence-electron chi connectivity index (χ1n) is 7.43. The van der Waals surface area contributed by atoms with E-state index in [4.69, 9.17) is 10.00 Å². The summed E-state index contributed by atoms with van der Waals surface area (Å²) in [5.41, 5.74) is 2.47. The van der Waals surface area contributed by atoms with E-state index < -0.39 is 11.5 Å². The molecule has 6 nitrogen and oxygen atoms in total. The summed E-state index contributed by atoms with van der Waals surface area (Å²) >= 11 is -1.21. The summed E-state index contributed by atoms with van der Waals surface area (Å²) in [5.74, 6) is 0.869. The summed E-state index contributed by atoms with van der Waals surface area (Å²) in [6.07, 6.45) is 3.87. The molecule has 2 aliphatic heterocycles. The molecule has 2 atom stereocenters. The van der Waals surface area contributed by atoms with Crippen LogP contribution in [-0.4, -0.2) is 46.5 Å². The SMILES string of the molecule is COc1ccc2c(c1)CCN([S+]([O-])NC1CCN(C#N)C1)C2. The van der Waals surface area contributed by atoms with E-state index in [0.717, 1.165) is 31.7 Å². The standard InChI is InChI=1S/C15H20N4O2S/c1-21-15-3-2-13-9-19(7-4-12(13)8-15)22(20)17-14-5-6-18(10-14)11-16/h2-3,8,14,17H,4-7,9-10H2,1H3. The monoisotopic (exact) mass is 320 g/mol. The van der Waals surface area contributed by atoms with Gasteiger partial charge in [-0.25, -0.2) is 0 Å². The van der Waals surface area contributed by atoms with Crippen LogP contribution in [-0.2, 0) is 24.5 Å². The molecule has 2 aliphatic rings. The van der Waals surface area contributed by atoms with Gasteiger partial charge in [0.15, 0.2) is 6.19 Å². The molecule has 0 aliphatic carbocycles. The fraction of sp³-hybridized carbons (Fsp3) is 0.533. The first kappa shape index (κ1) is 15.4. The van der Waals surface area contributed by atoms with E-state index >= 15 is 0 Å². The first-order valence-corrected chi connectivity index (χ1v) is 8.53. The molecular formula is C15H20N4O2S. The quantitative estimate of drug-likeness (QED) is 0.653. The van der Waals surface area contributed by atoms with Crippen LogP contribution in [0.2, 0.25) is 0 Å². The number of nitrogens with zero attached hydrogens (tertiary/aromatic N) is 3. The Hall–Kier alpha value is -1.46. The smallest absolute Gasteiger partial charge is 0.179 e. The molecule has 7 heteroatoms. The van der Waals surface area contributed by atoms with Crippen LogP contribution < -0.4 is 9.46 Å². The van der Waals surface area contributed by atoms with E-state index in [1.165, 1.54) is 11.1 Å². The van der Waals surface area contributed by atoms with Gasteiger partial charge in [0.25, 0.3) is 0 Å². The molecule has 2 unspecified atom stereocenters. The van der Waals surface area contributed by atoms with Gasteiger partial charge in [-0.1, -0.05) is 6.07 Å². The zero-order valence-corrected chi connectivity index (χ0v) is 13.4. The van der Waals surface area contributed by atoms with Crippen LogP contribution in [0.5, 0.6) is 5.75 Å². The number of fused-ring (bicyclic) bond motifs is 1. The number of benzene rings is 1. The molecule has 22 heavy (non-hydrogen) atoms. The Morgan fingerprint density at radius 1 is 1.41 bits per heavy atom. The van der Waals surface area contributed by atoms with Crippen molar-refractivity contribution in [3.63, 3.8) is 0 Å². The molecule has 1 saturated heterocycles. The average molecular weight is 320 g/mol. The van der Waals surface area contributed by atoms with Crippen LogP contribution in [0, 0.1) is 11.5 Å². The number of likely N-dealkylation sites (tertiary alicyclic amines) is 1. The average Bonchev–Trinajstić information content (AvgIpc) is 3.01. The molecule has 0 saturated carbocycles. The third kappa shape index (κ3) is 3.31. The van der Waals surface area contributed by atoms with Crippen molar-refractivity contribution in [3.05, 3.63) is 29.3 Å². The maximum Gasteiger partial charge on any atom is 0.179 e. The fourth-order valence-corrected chi connectivity index (χ4v) is 4.08. The van der Waals surface area contributed by atoms with Crippen LogP contribution in [0.25, 0.3) is 0 Å². The molecule has 1 N–H and O–H groups in total. The van der Waals surface area contributed by atoms with E-state index in [1.807, 2.05) is 16.4 Å². The van der Waals surface area contributed by atoms with Gasteiger partial charge >= 0.3 is 0 Å². The summed E-state index contributed by atoms with van der Waals surface area (Å²) in [7, 11) is 1.67.